The van der Waals surface area contributed by atoms with Crippen LogP contribution in [0.15, 0.2) is 88.8 Å². The lowest BCUT2D eigenvalue weighted by atomic mass is 9.44. The zero-order valence-corrected chi connectivity index (χ0v) is 88.8. The average Bonchev–Trinajstić information content (AvgIpc) is 1.67. The van der Waals surface area contributed by atoms with Gasteiger partial charge in [-0.3, -0.25) is 23.9 Å². The number of aliphatic hydroxyl groups is 4. The molecule has 8 aromatic rings. The standard InChI is InChI=1S/C30H43N3O2.C30H42N2O2.2C29H41N3O2S/c1-5-19-6-11-26-25(16-19)31-32-33(26)18-27(34)24-10-9-22-21-8-7-20-17-28(2,35)14-15-29(20,3)23(21)12-13-30(22,24)4;1-19-5-6-20-17-32(31-26(20)15-19)18-27(33)25-10-9-23-22-8-7-21-16-28(2,34)13-14-29(21,3)24(22)11-12-30(23,25)4;1-27(34)13-14-28(2)18(16-27)5-7-20-21-8-9-23(29(21,3)12-11-22(20)28)26(33)17-32-25-15-19(35-4)6-10-24(25)30-31-32;1-27(34)13-14-28(2)18(16-27)5-7-20-21-8-9-23(29(21,3)12-11-22(20)28)26(33)17-32-30-24-10-6-19(35-4)15-25(24)31-32/h6,11,16,20-24,35H,5,7-10,12-15,17-18H2,1-4H3;5-6,15,17,21-25,34H,7-14,16,18H2,1-4H3;2*6,10,15,18,20-23,34H,5,7-9,11-14,16-17H2,1-4H3/t20-,21-,22-,23-,24+,28+,29-,30-;21-,22-,23-,24-,25+,28+,29-,30-;2*18-,20-,21-,22-,23+,27+,28-,29-/m0000/s1. The fourth-order valence-electron chi connectivity index (χ4n) is 37.8. The number of thioether (sulfide) groups is 2. The van der Waals surface area contributed by atoms with Gasteiger partial charge in [0.15, 0.2) is 23.1 Å². The Kier molecular flexibility index (Phi) is 25.9. The number of Topliss-reactive ketones (excluding diaryl/α,β-unsaturated/α-hetero) is 4. The van der Waals surface area contributed by atoms with Crippen LogP contribution < -0.4 is 0 Å². The SMILES string of the molecule is CCc1ccc2c(c1)nnn2CC(=O)[C@H]1CC[C@H]2[C@@H]3CC[C@H]4C[C@](C)(O)CC[C@]4(C)[C@H]3CC[C@]12C.CSc1ccc2nn(CC(=O)[C@H]3CC[C@H]4[C@@H]5CC[C@H]6C[C@](C)(O)CC[C@]6(C)[C@H]5CC[C@]34C)nc2c1.CSc1ccc2nnn(CC(=O)[C@H]3CC[C@H]4[C@@H]5CC[C@H]6C[C@](C)(O)CC[C@]6(C)[C@H]5CC[C@]34C)c2c1.Cc1ccc2cn(CC(=O)[C@H]3CC[C@H]4[C@@H]5CC[C@H]6C[C@](C)(O)CC[C@]6(C)[C@H]5CC[C@]34C)nc2c1. The van der Waals surface area contributed by atoms with E-state index in [1.54, 1.807) is 28.3 Å². The highest BCUT2D eigenvalue weighted by atomic mass is 32.2. The molecular weight excluding hydrogens is 1760 g/mol. The van der Waals surface area contributed by atoms with Crippen LogP contribution in [0.1, 0.15) is 332 Å². The van der Waals surface area contributed by atoms with Crippen LogP contribution in [-0.2, 0) is 51.8 Å². The van der Waals surface area contributed by atoms with Crippen molar-refractivity contribution in [3.8, 4) is 0 Å². The highest BCUT2D eigenvalue weighted by Gasteiger charge is 2.68. The summed E-state index contributed by atoms with van der Waals surface area (Å²) in [4.78, 5) is 58.8. The maximum Gasteiger partial charge on any atom is 0.159 e. The summed E-state index contributed by atoms with van der Waals surface area (Å²) in [5.74, 6) is 13.3. The number of fused-ring (bicyclic) bond motifs is 24. The third-order valence-corrected chi connectivity index (χ3v) is 47.1. The molecule has 4 N–H and O–H groups in total. The van der Waals surface area contributed by atoms with Gasteiger partial charge in [0, 0.05) is 45.0 Å². The molecule has 16 aliphatic rings. The smallest absolute Gasteiger partial charge is 0.159 e. The molecule has 0 bridgehead atoms. The Hall–Kier alpha value is -6.23. The molecule has 4 aromatic carbocycles. The third-order valence-electron chi connectivity index (χ3n) is 45.6. The summed E-state index contributed by atoms with van der Waals surface area (Å²) in [6.45, 7) is 33.7. The number of carbonyl (C=O) groups is 4. The summed E-state index contributed by atoms with van der Waals surface area (Å²) >= 11 is 3.40. The van der Waals surface area contributed by atoms with Gasteiger partial charge < -0.3 is 20.4 Å². The third kappa shape index (κ3) is 17.3. The van der Waals surface area contributed by atoms with E-state index in [9.17, 15) is 39.6 Å². The summed E-state index contributed by atoms with van der Waals surface area (Å²) < 4.78 is 5.55. The quantitative estimate of drug-likeness (QED) is 0.0695. The fraction of sp³-hybridized carbons (Fsp3) is 0.754. The molecule has 0 aliphatic heterocycles. The summed E-state index contributed by atoms with van der Waals surface area (Å²) in [6, 6.07) is 24.9. The van der Waals surface area contributed by atoms with Crippen molar-refractivity contribution in [3.05, 3.63) is 90.1 Å². The molecule has 0 radical (unpaired) electrons. The minimum atomic E-state index is -0.479. The first-order valence-electron chi connectivity index (χ1n) is 55.5. The number of hydrogen-bond donors (Lipinski definition) is 4. The van der Waals surface area contributed by atoms with E-state index >= 15 is 0 Å². The van der Waals surface area contributed by atoms with Gasteiger partial charge in [-0.25, -0.2) is 9.36 Å². The number of carbonyl (C=O) groups excluding carboxylic acids is 4. The molecule has 16 saturated carbocycles. The van der Waals surface area contributed by atoms with E-state index in [0.717, 1.165) is 194 Å². The van der Waals surface area contributed by atoms with Crippen LogP contribution in [0.3, 0.4) is 0 Å². The normalized spacial score (nSPS) is 43.2. The largest absolute Gasteiger partial charge is 0.390 e. The highest BCUT2D eigenvalue weighted by molar-refractivity contribution is 7.98. The van der Waals surface area contributed by atoms with Crippen molar-refractivity contribution in [1.29, 1.82) is 0 Å². The molecule has 21 heteroatoms. The van der Waals surface area contributed by atoms with Gasteiger partial charge in [-0.05, 0) is 488 Å². The Bertz CT molecular complexity index is 5950. The van der Waals surface area contributed by atoms with Crippen LogP contribution in [0, 0.1) is 169 Å². The number of rotatable bonds is 15. The van der Waals surface area contributed by atoms with Crippen LogP contribution in [0.5, 0.6) is 0 Å². The molecule has 0 saturated heterocycles. The predicted octanol–water partition coefficient (Wildman–Crippen LogP) is 24.6. The van der Waals surface area contributed by atoms with Gasteiger partial charge in [0.05, 0.1) is 45.5 Å². The van der Waals surface area contributed by atoms with Crippen LogP contribution >= 0.6 is 23.5 Å². The van der Waals surface area contributed by atoms with Crippen LogP contribution in [0.2, 0.25) is 0 Å². The Morgan fingerprint density at radius 2 is 0.705 bits per heavy atom. The van der Waals surface area contributed by atoms with Crippen molar-refractivity contribution < 1.29 is 39.6 Å². The van der Waals surface area contributed by atoms with Crippen molar-refractivity contribution in [1.82, 2.24) is 54.8 Å². The maximum absolute atomic E-state index is 13.8. The van der Waals surface area contributed by atoms with E-state index in [1.165, 1.54) is 156 Å². The Morgan fingerprint density at radius 1 is 0.338 bits per heavy atom. The number of aryl methyl sites for hydroxylation is 2. The summed E-state index contributed by atoms with van der Waals surface area (Å²) in [7, 11) is 0. The zero-order valence-electron chi connectivity index (χ0n) is 87.2. The molecule has 16 fully saturated rings. The molecule has 19 nitrogen and oxygen atoms in total. The van der Waals surface area contributed by atoms with E-state index in [-0.39, 0.29) is 45.3 Å². The maximum atomic E-state index is 13.8. The highest BCUT2D eigenvalue weighted by Crippen LogP contribution is 2.74. The number of nitrogens with zero attached hydrogens (tertiary/aromatic N) is 11. The molecule has 754 valence electrons. The summed E-state index contributed by atoms with van der Waals surface area (Å²) in [5.41, 5.74) is 8.93. The first-order valence-corrected chi connectivity index (χ1v) is 58.0. The second-order valence-electron chi connectivity index (χ2n) is 53.0. The molecule has 4 heterocycles. The molecule has 32 atom stereocenters. The van der Waals surface area contributed by atoms with Gasteiger partial charge >= 0.3 is 0 Å². The van der Waals surface area contributed by atoms with E-state index in [1.807, 2.05) is 60.1 Å². The lowest BCUT2D eigenvalue weighted by molar-refractivity contribution is -0.151. The van der Waals surface area contributed by atoms with Crippen LogP contribution in [0.25, 0.3) is 44.0 Å². The first kappa shape index (κ1) is 98.8. The molecule has 4 aromatic heterocycles. The van der Waals surface area contributed by atoms with E-state index < -0.39 is 22.4 Å². The Labute approximate surface area is 836 Å². The Balaban J connectivity index is 0.000000110. The van der Waals surface area contributed by atoms with E-state index in [2.05, 4.69) is 173 Å². The minimum absolute atomic E-state index is 0.111. The van der Waals surface area contributed by atoms with Crippen molar-refractivity contribution in [2.75, 3.05) is 12.5 Å². The van der Waals surface area contributed by atoms with E-state index in [4.69, 9.17) is 5.10 Å². The molecular formula is C118H167N11O8S2. The first-order chi connectivity index (χ1) is 66.0. The topological polar surface area (TPSA) is 259 Å². The van der Waals surface area contributed by atoms with Crippen molar-refractivity contribution in [3.63, 3.8) is 0 Å². The molecule has 0 unspecified atom stereocenters. The monoisotopic (exact) mass is 1930 g/mol. The van der Waals surface area contributed by atoms with Gasteiger partial charge in [0.1, 0.15) is 41.7 Å². The Morgan fingerprint density at radius 3 is 1.12 bits per heavy atom. The predicted molar refractivity (Wildman–Crippen MR) is 553 cm³/mol. The minimum Gasteiger partial charge on any atom is -0.390 e. The van der Waals surface area contributed by atoms with Crippen LogP contribution in [0.4, 0.5) is 0 Å². The summed E-state index contributed by atoms with van der Waals surface area (Å²) in [6.07, 6.45) is 48.3. The van der Waals surface area contributed by atoms with Crippen molar-refractivity contribution in [2.45, 2.75) is 393 Å². The zero-order chi connectivity index (χ0) is 97.6. The molecule has 0 spiro atoms. The molecule has 139 heavy (non-hydrogen) atoms. The number of aromatic nitrogens is 11. The number of ketones is 4. The molecule has 24 rings (SSSR count). The summed E-state index contributed by atoms with van der Waals surface area (Å²) in [5, 5.41) is 75.5. The number of hydrogen-bond acceptors (Lipinski definition) is 17. The van der Waals surface area contributed by atoms with Gasteiger partial charge in [0.2, 0.25) is 0 Å². The van der Waals surface area contributed by atoms with Gasteiger partial charge in [0.25, 0.3) is 0 Å². The lowest BCUT2D eigenvalue weighted by Crippen LogP contribution is -2.55. The average molecular weight is 1930 g/mol. The van der Waals surface area contributed by atoms with E-state index in [0.29, 0.717) is 118 Å². The van der Waals surface area contributed by atoms with Crippen molar-refractivity contribution >= 4 is 90.7 Å². The van der Waals surface area contributed by atoms with Crippen LogP contribution in [-0.4, -0.2) is 133 Å². The van der Waals surface area contributed by atoms with Gasteiger partial charge in [-0.15, -0.1) is 33.7 Å². The molecule has 0 amide bonds. The second kappa shape index (κ2) is 36.4. The second-order valence-corrected chi connectivity index (χ2v) is 54.8. The van der Waals surface area contributed by atoms with Gasteiger partial charge in [-0.1, -0.05) is 90.9 Å². The fourth-order valence-corrected chi connectivity index (χ4v) is 38.7. The van der Waals surface area contributed by atoms with Crippen molar-refractivity contribution in [2.24, 2.45) is 162 Å². The lowest BCUT2D eigenvalue weighted by Gasteiger charge is -2.61. The van der Waals surface area contributed by atoms with Gasteiger partial charge in [-0.2, -0.15) is 20.1 Å². The molecule has 16 aliphatic carbocycles. The number of benzene rings is 4.